The molecule has 1 N–H and O–H groups in total. The van der Waals surface area contributed by atoms with Gasteiger partial charge in [0.25, 0.3) is 0 Å². The van der Waals surface area contributed by atoms with Gasteiger partial charge in [0, 0.05) is 25.0 Å². The molecule has 1 aromatic heterocycles. The molecule has 2 atom stereocenters. The molecule has 0 amide bonds. The Morgan fingerprint density at radius 1 is 1.53 bits per heavy atom. The van der Waals surface area contributed by atoms with Crippen LogP contribution in [-0.4, -0.2) is 30.3 Å². The fraction of sp³-hybridized carbons (Fsp3) is 0.688. The largest absolute Gasteiger partial charge is 0.378 e. The lowest BCUT2D eigenvalue weighted by molar-refractivity contribution is 0.0995. The van der Waals surface area contributed by atoms with Crippen LogP contribution in [0, 0.1) is 0 Å². The molecule has 2 rings (SSSR count). The Bertz CT molecular complexity index is 336. The fourth-order valence-corrected chi connectivity index (χ4v) is 2.69. The maximum absolute atomic E-state index is 5.72. The van der Waals surface area contributed by atoms with Crippen LogP contribution in [0.3, 0.4) is 0 Å². The number of aromatic nitrogens is 1. The minimum atomic E-state index is 0.500. The summed E-state index contributed by atoms with van der Waals surface area (Å²) in [6.45, 7) is 4.27. The predicted molar refractivity (Wildman–Crippen MR) is 78.2 cm³/mol. The molecular weight excluding hydrogens is 236 g/mol. The second-order valence-corrected chi connectivity index (χ2v) is 5.43. The summed E-state index contributed by atoms with van der Waals surface area (Å²) in [7, 11) is 0. The van der Waals surface area contributed by atoms with Crippen molar-refractivity contribution in [2.45, 2.75) is 57.6 Å². The molecule has 3 heteroatoms. The van der Waals surface area contributed by atoms with Gasteiger partial charge < -0.3 is 10.1 Å². The molecule has 0 bridgehead atoms. The number of nitrogens with zero attached hydrogens (tertiary/aromatic N) is 1. The SMILES string of the molecule is CCCNC(CCC1CCCO1)Cc1cccnc1. The van der Waals surface area contributed by atoms with Gasteiger partial charge >= 0.3 is 0 Å². The van der Waals surface area contributed by atoms with E-state index in [1.165, 1.54) is 37.7 Å². The molecule has 0 radical (unpaired) electrons. The van der Waals surface area contributed by atoms with Crippen LogP contribution >= 0.6 is 0 Å². The first-order valence-corrected chi connectivity index (χ1v) is 7.62. The Morgan fingerprint density at radius 3 is 3.16 bits per heavy atom. The van der Waals surface area contributed by atoms with Crippen molar-refractivity contribution in [3.8, 4) is 0 Å². The minimum Gasteiger partial charge on any atom is -0.378 e. The molecule has 19 heavy (non-hydrogen) atoms. The summed E-state index contributed by atoms with van der Waals surface area (Å²) >= 11 is 0. The quantitative estimate of drug-likeness (QED) is 0.782. The molecule has 1 aromatic rings. The maximum atomic E-state index is 5.72. The van der Waals surface area contributed by atoms with Gasteiger partial charge in [0.05, 0.1) is 6.10 Å². The summed E-state index contributed by atoms with van der Waals surface area (Å²) in [5.74, 6) is 0. The number of rotatable bonds is 8. The summed E-state index contributed by atoms with van der Waals surface area (Å²) in [4.78, 5) is 4.20. The molecule has 106 valence electrons. The summed E-state index contributed by atoms with van der Waals surface area (Å²) in [6, 6.07) is 4.74. The first-order valence-electron chi connectivity index (χ1n) is 7.62. The highest BCUT2D eigenvalue weighted by Gasteiger charge is 2.17. The molecule has 0 spiro atoms. The third-order valence-electron chi connectivity index (χ3n) is 3.75. The molecule has 0 saturated carbocycles. The third kappa shape index (κ3) is 5.29. The molecule has 2 unspecified atom stereocenters. The van der Waals surface area contributed by atoms with E-state index in [0.29, 0.717) is 12.1 Å². The number of nitrogens with one attached hydrogen (secondary N) is 1. The van der Waals surface area contributed by atoms with Crippen molar-refractivity contribution >= 4 is 0 Å². The Balaban J connectivity index is 1.80. The van der Waals surface area contributed by atoms with Crippen molar-refractivity contribution in [3.63, 3.8) is 0 Å². The van der Waals surface area contributed by atoms with Crippen LogP contribution in [0.15, 0.2) is 24.5 Å². The molecule has 1 aliphatic heterocycles. The highest BCUT2D eigenvalue weighted by molar-refractivity contribution is 5.10. The standard InChI is InChI=1S/C16H26N2O/c1-2-9-18-15(7-8-16-6-4-11-19-16)12-14-5-3-10-17-13-14/h3,5,10,13,15-16,18H,2,4,6-9,11-12H2,1H3. The van der Waals surface area contributed by atoms with Gasteiger partial charge in [-0.15, -0.1) is 0 Å². The van der Waals surface area contributed by atoms with E-state index in [4.69, 9.17) is 4.74 Å². The van der Waals surface area contributed by atoms with Gasteiger partial charge in [-0.25, -0.2) is 0 Å². The van der Waals surface area contributed by atoms with E-state index in [2.05, 4.69) is 23.3 Å². The minimum absolute atomic E-state index is 0.500. The van der Waals surface area contributed by atoms with Crippen LogP contribution in [0.1, 0.15) is 44.6 Å². The van der Waals surface area contributed by atoms with Crippen LogP contribution in [0.4, 0.5) is 0 Å². The normalized spacial score (nSPS) is 20.6. The van der Waals surface area contributed by atoms with Crippen molar-refractivity contribution in [1.29, 1.82) is 0 Å². The smallest absolute Gasteiger partial charge is 0.0576 e. The zero-order chi connectivity index (χ0) is 13.3. The van der Waals surface area contributed by atoms with Crippen LogP contribution in [0.2, 0.25) is 0 Å². The molecular formula is C16H26N2O. The highest BCUT2D eigenvalue weighted by atomic mass is 16.5. The lowest BCUT2D eigenvalue weighted by Crippen LogP contribution is -2.32. The van der Waals surface area contributed by atoms with Gasteiger partial charge in [-0.2, -0.15) is 0 Å². The fourth-order valence-electron chi connectivity index (χ4n) is 2.69. The monoisotopic (exact) mass is 262 g/mol. The topological polar surface area (TPSA) is 34.1 Å². The second-order valence-electron chi connectivity index (χ2n) is 5.43. The first kappa shape index (κ1) is 14.5. The molecule has 1 fully saturated rings. The lowest BCUT2D eigenvalue weighted by atomic mass is 10.00. The Morgan fingerprint density at radius 2 is 2.47 bits per heavy atom. The average molecular weight is 262 g/mol. The van der Waals surface area contributed by atoms with E-state index < -0.39 is 0 Å². The Labute approximate surface area is 116 Å². The zero-order valence-corrected chi connectivity index (χ0v) is 12.0. The Hall–Kier alpha value is -0.930. The predicted octanol–water partition coefficient (Wildman–Crippen LogP) is 2.95. The molecule has 1 saturated heterocycles. The average Bonchev–Trinajstić information content (AvgIpc) is 2.96. The van der Waals surface area contributed by atoms with Crippen molar-refractivity contribution < 1.29 is 4.74 Å². The van der Waals surface area contributed by atoms with Crippen LogP contribution in [-0.2, 0) is 11.2 Å². The first-order chi connectivity index (χ1) is 9.38. The van der Waals surface area contributed by atoms with Gasteiger partial charge in [0.1, 0.15) is 0 Å². The zero-order valence-electron chi connectivity index (χ0n) is 12.0. The van der Waals surface area contributed by atoms with E-state index in [9.17, 15) is 0 Å². The molecule has 2 heterocycles. The van der Waals surface area contributed by atoms with E-state index in [1.807, 2.05) is 18.5 Å². The van der Waals surface area contributed by atoms with Crippen LogP contribution in [0.5, 0.6) is 0 Å². The second kappa shape index (κ2) is 8.28. The number of ether oxygens (including phenoxy) is 1. The van der Waals surface area contributed by atoms with Crippen molar-refractivity contribution in [3.05, 3.63) is 30.1 Å². The molecule has 1 aliphatic rings. The summed E-state index contributed by atoms with van der Waals surface area (Å²) < 4.78 is 5.72. The van der Waals surface area contributed by atoms with Crippen LogP contribution < -0.4 is 5.32 Å². The van der Waals surface area contributed by atoms with E-state index in [0.717, 1.165) is 19.6 Å². The Kier molecular flexibility index (Phi) is 6.31. The van der Waals surface area contributed by atoms with Crippen molar-refractivity contribution in [2.75, 3.05) is 13.2 Å². The van der Waals surface area contributed by atoms with Crippen molar-refractivity contribution in [2.24, 2.45) is 0 Å². The summed E-state index contributed by atoms with van der Waals surface area (Å²) in [6.07, 6.45) is 11.4. The summed E-state index contributed by atoms with van der Waals surface area (Å²) in [5, 5.41) is 3.66. The van der Waals surface area contributed by atoms with Crippen LogP contribution in [0.25, 0.3) is 0 Å². The molecule has 3 nitrogen and oxygen atoms in total. The van der Waals surface area contributed by atoms with Gasteiger partial charge in [-0.3, -0.25) is 4.98 Å². The van der Waals surface area contributed by atoms with E-state index in [-0.39, 0.29) is 0 Å². The van der Waals surface area contributed by atoms with Gasteiger partial charge in [-0.1, -0.05) is 13.0 Å². The maximum Gasteiger partial charge on any atom is 0.0576 e. The van der Waals surface area contributed by atoms with Crippen molar-refractivity contribution in [1.82, 2.24) is 10.3 Å². The van der Waals surface area contributed by atoms with E-state index in [1.54, 1.807) is 0 Å². The molecule has 0 aromatic carbocycles. The number of pyridine rings is 1. The van der Waals surface area contributed by atoms with Gasteiger partial charge in [-0.05, 0) is 56.7 Å². The van der Waals surface area contributed by atoms with Gasteiger partial charge in [0.15, 0.2) is 0 Å². The van der Waals surface area contributed by atoms with E-state index >= 15 is 0 Å². The van der Waals surface area contributed by atoms with Gasteiger partial charge in [0.2, 0.25) is 0 Å². The summed E-state index contributed by atoms with van der Waals surface area (Å²) in [5.41, 5.74) is 1.32. The third-order valence-corrected chi connectivity index (χ3v) is 3.75. The lowest BCUT2D eigenvalue weighted by Gasteiger charge is -2.20. The highest BCUT2D eigenvalue weighted by Crippen LogP contribution is 2.18. The number of hydrogen-bond donors (Lipinski definition) is 1. The molecule has 0 aliphatic carbocycles. The number of hydrogen-bond acceptors (Lipinski definition) is 3.